The maximum absolute atomic E-state index is 12.8. The summed E-state index contributed by atoms with van der Waals surface area (Å²) >= 11 is 0. The lowest BCUT2D eigenvalue weighted by Crippen LogP contribution is -2.25. The number of aromatic nitrogens is 4. The summed E-state index contributed by atoms with van der Waals surface area (Å²) in [6, 6.07) is 9.79. The minimum absolute atomic E-state index is 0.162. The maximum atomic E-state index is 12.8. The van der Waals surface area contributed by atoms with E-state index in [1.165, 1.54) is 10.9 Å². The van der Waals surface area contributed by atoms with Crippen molar-refractivity contribution in [1.29, 1.82) is 0 Å². The normalized spacial score (nSPS) is 10.8. The Bertz CT molecular complexity index is 983. The molecule has 3 rings (SSSR count). The predicted molar refractivity (Wildman–Crippen MR) is 98.8 cm³/mol. The zero-order chi connectivity index (χ0) is 19.6. The van der Waals surface area contributed by atoms with E-state index in [-0.39, 0.29) is 19.0 Å². The van der Waals surface area contributed by atoms with Gasteiger partial charge in [-0.2, -0.15) is 0 Å². The second-order valence-electron chi connectivity index (χ2n) is 6.46. The molecular weight excluding hydrogens is 346 g/mol. The number of hydrogen-bond acceptors (Lipinski definition) is 4. The summed E-state index contributed by atoms with van der Waals surface area (Å²) in [6.45, 7) is 5.82. The third-order valence-electron chi connectivity index (χ3n) is 4.22. The van der Waals surface area contributed by atoms with Crippen LogP contribution in [0.3, 0.4) is 0 Å². The van der Waals surface area contributed by atoms with Gasteiger partial charge in [0.05, 0.1) is 24.0 Å². The third kappa shape index (κ3) is 4.05. The highest BCUT2D eigenvalue weighted by Crippen LogP contribution is 2.21. The molecule has 0 atom stereocenters. The van der Waals surface area contributed by atoms with Gasteiger partial charge in [-0.15, -0.1) is 5.10 Å². The van der Waals surface area contributed by atoms with E-state index in [0.717, 1.165) is 22.6 Å². The minimum atomic E-state index is -1.00. The van der Waals surface area contributed by atoms with E-state index in [1.807, 2.05) is 55.7 Å². The van der Waals surface area contributed by atoms with Crippen molar-refractivity contribution in [3.05, 3.63) is 64.7 Å². The van der Waals surface area contributed by atoms with Crippen molar-refractivity contribution in [1.82, 2.24) is 24.9 Å². The van der Waals surface area contributed by atoms with Gasteiger partial charge in [0.1, 0.15) is 12.2 Å². The van der Waals surface area contributed by atoms with Crippen LogP contribution in [0.15, 0.2) is 36.5 Å². The van der Waals surface area contributed by atoms with E-state index < -0.39 is 5.97 Å². The number of hydrogen-bond donors (Lipinski definition) is 2. The zero-order valence-corrected chi connectivity index (χ0v) is 15.4. The first kappa shape index (κ1) is 18.4. The van der Waals surface area contributed by atoms with Crippen LogP contribution in [0.2, 0.25) is 0 Å². The molecule has 2 aromatic heterocycles. The van der Waals surface area contributed by atoms with Gasteiger partial charge in [0.25, 0.3) is 5.91 Å². The number of amides is 1. The molecule has 27 heavy (non-hydrogen) atoms. The van der Waals surface area contributed by atoms with Crippen LogP contribution in [0.4, 0.5) is 0 Å². The number of carbonyl (C=O) groups is 2. The van der Waals surface area contributed by atoms with Gasteiger partial charge in [-0.1, -0.05) is 16.8 Å². The molecule has 2 N–H and O–H groups in total. The molecule has 0 saturated carbocycles. The van der Waals surface area contributed by atoms with Crippen molar-refractivity contribution in [2.45, 2.75) is 33.9 Å². The second-order valence-corrected chi connectivity index (χ2v) is 6.46. The summed E-state index contributed by atoms with van der Waals surface area (Å²) in [7, 11) is 0. The van der Waals surface area contributed by atoms with Crippen molar-refractivity contribution in [2.24, 2.45) is 0 Å². The van der Waals surface area contributed by atoms with Crippen LogP contribution in [0, 0.1) is 20.8 Å². The summed E-state index contributed by atoms with van der Waals surface area (Å²) in [5.41, 5.74) is 4.94. The standard InChI is InChI=1S/C19H21N5O3/c1-12-4-7-17(24-13(2)5-6-14(24)3)16(8-12)19(27)20-9-15-10-23(22-21-15)11-18(25)26/h4-8,10H,9,11H2,1-3H3,(H,20,27)(H,25,26). The van der Waals surface area contributed by atoms with E-state index in [4.69, 9.17) is 5.11 Å². The molecule has 0 bridgehead atoms. The maximum Gasteiger partial charge on any atom is 0.325 e. The SMILES string of the molecule is Cc1ccc(-n2c(C)ccc2C)c(C(=O)NCc2cn(CC(=O)O)nn2)c1. The molecule has 1 aromatic carbocycles. The molecule has 0 unspecified atom stereocenters. The molecule has 0 saturated heterocycles. The van der Waals surface area contributed by atoms with Crippen LogP contribution in [0.25, 0.3) is 5.69 Å². The van der Waals surface area contributed by atoms with Crippen LogP contribution in [-0.2, 0) is 17.9 Å². The first-order chi connectivity index (χ1) is 12.8. The third-order valence-corrected chi connectivity index (χ3v) is 4.22. The van der Waals surface area contributed by atoms with Gasteiger partial charge in [0, 0.05) is 11.4 Å². The first-order valence-electron chi connectivity index (χ1n) is 8.50. The smallest absolute Gasteiger partial charge is 0.325 e. The average molecular weight is 367 g/mol. The van der Waals surface area contributed by atoms with Crippen LogP contribution in [-0.4, -0.2) is 36.5 Å². The Morgan fingerprint density at radius 2 is 1.81 bits per heavy atom. The van der Waals surface area contributed by atoms with Gasteiger partial charge >= 0.3 is 5.97 Å². The van der Waals surface area contributed by atoms with Crippen molar-refractivity contribution in [3.63, 3.8) is 0 Å². The molecule has 0 aliphatic heterocycles. The number of carboxylic acid groups (broad SMARTS) is 1. The van der Waals surface area contributed by atoms with Crippen LogP contribution < -0.4 is 5.32 Å². The van der Waals surface area contributed by atoms with Crippen molar-refractivity contribution >= 4 is 11.9 Å². The highest BCUT2D eigenvalue weighted by molar-refractivity contribution is 5.98. The van der Waals surface area contributed by atoms with Gasteiger partial charge in [-0.3, -0.25) is 9.59 Å². The Morgan fingerprint density at radius 1 is 1.11 bits per heavy atom. The van der Waals surface area contributed by atoms with Gasteiger partial charge < -0.3 is 15.0 Å². The number of rotatable bonds is 6. The molecule has 8 nitrogen and oxygen atoms in total. The van der Waals surface area contributed by atoms with E-state index in [9.17, 15) is 9.59 Å². The van der Waals surface area contributed by atoms with E-state index in [0.29, 0.717) is 11.3 Å². The van der Waals surface area contributed by atoms with Crippen LogP contribution >= 0.6 is 0 Å². The first-order valence-corrected chi connectivity index (χ1v) is 8.50. The van der Waals surface area contributed by atoms with E-state index in [1.54, 1.807) is 0 Å². The van der Waals surface area contributed by atoms with Crippen molar-refractivity contribution < 1.29 is 14.7 Å². The molecule has 0 spiro atoms. The van der Waals surface area contributed by atoms with E-state index in [2.05, 4.69) is 15.6 Å². The number of nitrogens with zero attached hydrogens (tertiary/aromatic N) is 4. The molecule has 1 amide bonds. The quantitative estimate of drug-likeness (QED) is 0.694. The number of aliphatic carboxylic acids is 1. The monoisotopic (exact) mass is 367 g/mol. The molecule has 0 radical (unpaired) electrons. The average Bonchev–Trinajstić information content (AvgIpc) is 3.19. The largest absolute Gasteiger partial charge is 0.480 e. The molecule has 8 heteroatoms. The predicted octanol–water partition coefficient (Wildman–Crippen LogP) is 2.01. The van der Waals surface area contributed by atoms with Gasteiger partial charge in [0.15, 0.2) is 0 Å². The molecular formula is C19H21N5O3. The number of nitrogens with one attached hydrogen (secondary N) is 1. The lowest BCUT2D eigenvalue weighted by Gasteiger charge is -2.15. The lowest BCUT2D eigenvalue weighted by molar-refractivity contribution is -0.137. The summed E-state index contributed by atoms with van der Waals surface area (Å²) < 4.78 is 3.26. The Labute approximate surface area is 156 Å². The Kier molecular flexibility index (Phi) is 5.07. The Balaban J connectivity index is 1.81. The number of carboxylic acids is 1. The molecule has 0 aliphatic carbocycles. The van der Waals surface area contributed by atoms with Crippen LogP contribution in [0.5, 0.6) is 0 Å². The number of aryl methyl sites for hydroxylation is 3. The van der Waals surface area contributed by atoms with Gasteiger partial charge in [-0.05, 0) is 45.0 Å². The zero-order valence-electron chi connectivity index (χ0n) is 15.4. The Morgan fingerprint density at radius 3 is 2.48 bits per heavy atom. The number of carbonyl (C=O) groups excluding carboxylic acids is 1. The topological polar surface area (TPSA) is 102 Å². The minimum Gasteiger partial charge on any atom is -0.480 e. The fourth-order valence-electron chi connectivity index (χ4n) is 2.98. The molecule has 2 heterocycles. The highest BCUT2D eigenvalue weighted by atomic mass is 16.4. The van der Waals surface area contributed by atoms with Crippen molar-refractivity contribution in [2.75, 3.05) is 0 Å². The molecule has 0 fully saturated rings. The summed E-state index contributed by atoms with van der Waals surface area (Å²) in [6.07, 6.45) is 1.51. The summed E-state index contributed by atoms with van der Waals surface area (Å²) in [5.74, 6) is -1.23. The lowest BCUT2D eigenvalue weighted by atomic mass is 10.1. The second kappa shape index (κ2) is 7.45. The highest BCUT2D eigenvalue weighted by Gasteiger charge is 2.16. The Hall–Kier alpha value is -3.42. The number of benzene rings is 1. The van der Waals surface area contributed by atoms with E-state index >= 15 is 0 Å². The molecule has 140 valence electrons. The fourth-order valence-corrected chi connectivity index (χ4v) is 2.98. The molecule has 3 aromatic rings. The van der Waals surface area contributed by atoms with Crippen LogP contribution in [0.1, 0.15) is 33.0 Å². The fraction of sp³-hybridized carbons (Fsp3) is 0.263. The molecule has 0 aliphatic rings. The van der Waals surface area contributed by atoms with Gasteiger partial charge in [-0.25, -0.2) is 4.68 Å². The van der Waals surface area contributed by atoms with Crippen molar-refractivity contribution in [3.8, 4) is 5.69 Å². The van der Waals surface area contributed by atoms with Gasteiger partial charge in [0.2, 0.25) is 0 Å². The summed E-state index contributed by atoms with van der Waals surface area (Å²) in [5, 5.41) is 19.2. The summed E-state index contributed by atoms with van der Waals surface area (Å²) in [4.78, 5) is 23.5.